The molecule has 1 atom stereocenters. The van der Waals surface area contributed by atoms with E-state index in [1.807, 2.05) is 25.7 Å². The molecule has 0 aromatic carbocycles. The molecule has 0 aromatic rings. The van der Waals surface area contributed by atoms with Crippen LogP contribution in [-0.4, -0.2) is 34.8 Å². The molecule has 0 bridgehead atoms. The second kappa shape index (κ2) is 6.17. The second-order valence-corrected chi connectivity index (χ2v) is 7.62. The van der Waals surface area contributed by atoms with Crippen LogP contribution in [0.3, 0.4) is 0 Å². The Hall–Kier alpha value is 0.310. The molecule has 1 unspecified atom stereocenters. The Labute approximate surface area is 126 Å². The van der Waals surface area contributed by atoms with Gasteiger partial charge in [-0.05, 0) is 47.5 Å². The lowest BCUT2D eigenvalue weighted by Crippen LogP contribution is -2.55. The number of carbonyl (C=O) groups excluding carboxylic acids is 1. The molecule has 0 radical (unpaired) electrons. The van der Waals surface area contributed by atoms with Crippen LogP contribution in [0, 0.1) is 0 Å². The summed E-state index contributed by atoms with van der Waals surface area (Å²) in [5, 5.41) is 0. The molecule has 1 saturated heterocycles. The van der Waals surface area contributed by atoms with Crippen molar-refractivity contribution in [3.05, 3.63) is 0 Å². The fourth-order valence-electron chi connectivity index (χ4n) is 2.13. The second-order valence-electron chi connectivity index (χ2n) is 6.22. The highest BCUT2D eigenvalue weighted by Gasteiger charge is 2.40. The van der Waals surface area contributed by atoms with Crippen LogP contribution in [0.1, 0.15) is 47.5 Å². The van der Waals surface area contributed by atoms with Crippen LogP contribution >= 0.6 is 30.4 Å². The summed E-state index contributed by atoms with van der Waals surface area (Å²) in [6.07, 6.45) is 1.68. The maximum atomic E-state index is 12.2. The number of rotatable bonds is 2. The van der Waals surface area contributed by atoms with Gasteiger partial charge in [0, 0.05) is 33.3 Å². The molecule has 1 amide bonds. The molecule has 0 N–H and O–H groups in total. The van der Waals surface area contributed by atoms with Crippen LogP contribution in [0.2, 0.25) is 0 Å². The lowest BCUT2D eigenvalue weighted by molar-refractivity contribution is -0.0232. The zero-order chi connectivity index (χ0) is 14.0. The van der Waals surface area contributed by atoms with Crippen molar-refractivity contribution < 1.29 is 13.7 Å². The molecule has 1 aliphatic rings. The van der Waals surface area contributed by atoms with E-state index in [-0.39, 0.29) is 17.7 Å². The van der Waals surface area contributed by atoms with Crippen LogP contribution in [0.15, 0.2) is 0 Å². The van der Waals surface area contributed by atoms with E-state index < -0.39 is 5.60 Å². The van der Waals surface area contributed by atoms with Gasteiger partial charge in [-0.2, -0.15) is 0 Å². The summed E-state index contributed by atoms with van der Waals surface area (Å²) in [7, 11) is 1.36. The number of ether oxygens (including phenoxy) is 1. The minimum Gasteiger partial charge on any atom is -0.444 e. The fraction of sp³-hybridized carbons (Fsp3) is 0.917. The number of carbonyl (C=O) groups is 1. The molecule has 1 aliphatic heterocycles. The zero-order valence-corrected chi connectivity index (χ0v) is 14.6. The van der Waals surface area contributed by atoms with Crippen LogP contribution in [0.25, 0.3) is 0 Å². The summed E-state index contributed by atoms with van der Waals surface area (Å²) in [6.45, 7) is 10.5. The maximum absolute atomic E-state index is 12.2. The quantitative estimate of drug-likeness (QED) is 0.527. The van der Waals surface area contributed by atoms with Crippen molar-refractivity contribution in [2.75, 3.05) is 6.54 Å². The van der Waals surface area contributed by atoms with E-state index in [9.17, 15) is 4.79 Å². The Bertz CT molecular complexity index is 304. The Balaban J connectivity index is 2.65. The van der Waals surface area contributed by atoms with Gasteiger partial charge in [0.15, 0.2) is 0 Å². The number of nitrogens with zero attached hydrogens (tertiary/aromatic N) is 1. The number of halogens is 1. The van der Waals surface area contributed by atoms with Crippen molar-refractivity contribution in [2.24, 2.45) is 0 Å². The standard InChI is InChI=1S/C12H22INO3S/c1-11(2,3)16-10(15)14-7-6-9(17-18-13)8-12(14,4)5/h9H,6-8H2,1-5H3. The van der Waals surface area contributed by atoms with E-state index >= 15 is 0 Å². The first kappa shape index (κ1) is 16.4. The van der Waals surface area contributed by atoms with Gasteiger partial charge in [-0.1, -0.05) is 0 Å². The van der Waals surface area contributed by atoms with Crippen molar-refractivity contribution in [3.63, 3.8) is 0 Å². The summed E-state index contributed by atoms with van der Waals surface area (Å²) in [6, 6.07) is 0. The average molecular weight is 387 g/mol. The first-order chi connectivity index (χ1) is 8.15. The molecule has 0 spiro atoms. The van der Waals surface area contributed by atoms with Gasteiger partial charge in [0.1, 0.15) is 5.60 Å². The first-order valence-corrected chi connectivity index (χ1v) is 9.39. The number of hydrogen-bond donors (Lipinski definition) is 0. The molecule has 0 aliphatic carbocycles. The van der Waals surface area contributed by atoms with E-state index in [4.69, 9.17) is 8.92 Å². The summed E-state index contributed by atoms with van der Waals surface area (Å²) in [4.78, 5) is 14.0. The summed E-state index contributed by atoms with van der Waals surface area (Å²) in [5.74, 6) is 0. The van der Waals surface area contributed by atoms with Crippen molar-refractivity contribution >= 4 is 36.5 Å². The Morgan fingerprint density at radius 2 is 2.06 bits per heavy atom. The van der Waals surface area contributed by atoms with Gasteiger partial charge in [-0.25, -0.2) is 4.79 Å². The molecular formula is C12H22INO3S. The number of amides is 1. The van der Waals surface area contributed by atoms with Gasteiger partial charge >= 0.3 is 6.09 Å². The van der Waals surface area contributed by atoms with E-state index in [1.165, 1.54) is 9.21 Å². The maximum Gasteiger partial charge on any atom is 0.410 e. The molecule has 4 nitrogen and oxygen atoms in total. The van der Waals surface area contributed by atoms with E-state index in [1.54, 1.807) is 0 Å². The number of hydrogen-bond acceptors (Lipinski definition) is 4. The van der Waals surface area contributed by atoms with Gasteiger partial charge in [-0.15, -0.1) is 0 Å². The van der Waals surface area contributed by atoms with Crippen molar-refractivity contribution in [1.29, 1.82) is 0 Å². The van der Waals surface area contributed by atoms with Crippen LogP contribution < -0.4 is 0 Å². The minimum absolute atomic E-state index is 0.209. The molecule has 1 rings (SSSR count). The van der Waals surface area contributed by atoms with Gasteiger partial charge in [0.05, 0.1) is 15.3 Å². The third kappa shape index (κ3) is 4.77. The third-order valence-corrected chi connectivity index (χ3v) is 3.89. The monoisotopic (exact) mass is 387 g/mol. The van der Waals surface area contributed by atoms with Crippen molar-refractivity contribution in [2.45, 2.75) is 64.7 Å². The topological polar surface area (TPSA) is 38.8 Å². The lowest BCUT2D eigenvalue weighted by Gasteiger charge is -2.44. The highest BCUT2D eigenvalue weighted by molar-refractivity contribution is 14.2. The third-order valence-electron chi connectivity index (χ3n) is 2.92. The molecule has 18 heavy (non-hydrogen) atoms. The molecule has 1 heterocycles. The average Bonchev–Trinajstić information content (AvgIpc) is 2.13. The zero-order valence-electron chi connectivity index (χ0n) is 11.7. The van der Waals surface area contributed by atoms with Gasteiger partial charge in [0.25, 0.3) is 0 Å². The van der Waals surface area contributed by atoms with Crippen LogP contribution in [-0.2, 0) is 8.92 Å². The predicted octanol–water partition coefficient (Wildman–Crippen LogP) is 4.18. The van der Waals surface area contributed by atoms with Gasteiger partial charge < -0.3 is 13.8 Å². The normalized spacial score (nSPS) is 23.9. The number of piperidine rings is 1. The lowest BCUT2D eigenvalue weighted by atomic mass is 9.89. The Kier molecular flexibility index (Phi) is 5.61. The summed E-state index contributed by atoms with van der Waals surface area (Å²) >= 11 is 2.13. The molecule has 0 aromatic heterocycles. The first-order valence-electron chi connectivity index (χ1n) is 6.10. The Morgan fingerprint density at radius 1 is 1.44 bits per heavy atom. The summed E-state index contributed by atoms with van der Waals surface area (Å²) < 4.78 is 11.0. The molecular weight excluding hydrogens is 365 g/mol. The van der Waals surface area contributed by atoms with E-state index in [2.05, 4.69) is 35.1 Å². The van der Waals surface area contributed by atoms with Crippen molar-refractivity contribution in [1.82, 2.24) is 4.90 Å². The largest absolute Gasteiger partial charge is 0.444 e. The molecule has 1 fully saturated rings. The van der Waals surface area contributed by atoms with Crippen LogP contribution in [0.5, 0.6) is 0 Å². The molecule has 106 valence electrons. The fourth-order valence-corrected chi connectivity index (χ4v) is 3.28. The predicted molar refractivity (Wildman–Crippen MR) is 82.7 cm³/mol. The smallest absolute Gasteiger partial charge is 0.410 e. The summed E-state index contributed by atoms with van der Waals surface area (Å²) in [5.41, 5.74) is -0.670. The highest BCUT2D eigenvalue weighted by atomic mass is 127. The van der Waals surface area contributed by atoms with Gasteiger partial charge in [-0.3, -0.25) is 0 Å². The van der Waals surface area contributed by atoms with E-state index in [0.29, 0.717) is 6.54 Å². The highest BCUT2D eigenvalue weighted by Crippen LogP contribution is 2.33. The molecule has 0 saturated carbocycles. The van der Waals surface area contributed by atoms with Crippen LogP contribution in [0.4, 0.5) is 4.79 Å². The SMILES string of the molecule is CC(C)(C)OC(=O)N1CCC(OSI)CC1(C)C. The molecule has 6 heteroatoms. The minimum atomic E-state index is -0.446. The Morgan fingerprint density at radius 3 is 2.50 bits per heavy atom. The van der Waals surface area contributed by atoms with Gasteiger partial charge in [0.2, 0.25) is 0 Å². The van der Waals surface area contributed by atoms with Crippen molar-refractivity contribution in [3.8, 4) is 0 Å². The number of likely N-dealkylation sites (tertiary alicyclic amines) is 1. The van der Waals surface area contributed by atoms with E-state index in [0.717, 1.165) is 12.8 Å².